The highest BCUT2D eigenvalue weighted by atomic mass is 32.2. The van der Waals surface area contributed by atoms with Crippen molar-refractivity contribution in [3.8, 4) is 0 Å². The summed E-state index contributed by atoms with van der Waals surface area (Å²) in [4.78, 5) is 7.39. The van der Waals surface area contributed by atoms with E-state index in [1.807, 2.05) is 0 Å². The lowest BCUT2D eigenvalue weighted by Crippen LogP contribution is -2.21. The number of rotatable bonds is 3. The van der Waals surface area contributed by atoms with Crippen LogP contribution in [0.25, 0.3) is 0 Å². The first-order chi connectivity index (χ1) is 10.6. The van der Waals surface area contributed by atoms with Crippen molar-refractivity contribution in [2.75, 3.05) is 11.0 Å². The molecule has 0 aliphatic heterocycles. The maximum absolute atomic E-state index is 12.8. The average Bonchev–Trinajstić information content (AvgIpc) is 2.48. The highest BCUT2D eigenvalue weighted by Gasteiger charge is 2.32. The molecular weight excluding hydrogens is 334 g/mol. The molecule has 0 spiro atoms. The lowest BCUT2D eigenvalue weighted by atomic mass is 10.2. The van der Waals surface area contributed by atoms with Gasteiger partial charge in [-0.3, -0.25) is 9.71 Å². The van der Waals surface area contributed by atoms with E-state index in [0.29, 0.717) is 10.4 Å². The fourth-order valence-corrected chi connectivity index (χ4v) is 2.95. The summed E-state index contributed by atoms with van der Waals surface area (Å²) in [5.74, 6) is -0.344. The molecule has 124 valence electrons. The molecule has 0 aliphatic carbocycles. The summed E-state index contributed by atoms with van der Waals surface area (Å²) in [5, 5.41) is 0. The van der Waals surface area contributed by atoms with Gasteiger partial charge in [-0.25, -0.2) is 13.6 Å². The predicted octanol–water partition coefficient (Wildman–Crippen LogP) is 3.12. The molecule has 0 amide bonds. The number of nitrogens with one attached hydrogen (secondary N) is 1. The van der Waals surface area contributed by atoms with Crippen molar-refractivity contribution in [3.05, 3.63) is 53.7 Å². The first-order valence-electron chi connectivity index (χ1n) is 6.35. The third-order valence-electron chi connectivity index (χ3n) is 3.07. The highest BCUT2D eigenvalue weighted by molar-refractivity contribution is 8.03. The van der Waals surface area contributed by atoms with Crippen molar-refractivity contribution in [3.63, 3.8) is 0 Å². The summed E-state index contributed by atoms with van der Waals surface area (Å²) < 4.78 is 65.6. The monoisotopic (exact) mass is 347 g/mol. The molecule has 0 aliphatic rings. The molecule has 23 heavy (non-hydrogen) atoms. The van der Waals surface area contributed by atoms with E-state index in [1.165, 1.54) is 25.3 Å². The molecule has 1 N–H and O–H groups in total. The van der Waals surface area contributed by atoms with Gasteiger partial charge in [0.1, 0.15) is 17.3 Å². The van der Waals surface area contributed by atoms with E-state index in [-0.39, 0.29) is 5.82 Å². The first kappa shape index (κ1) is 17.2. The zero-order valence-electron chi connectivity index (χ0n) is 12.2. The molecule has 0 bridgehead atoms. The van der Waals surface area contributed by atoms with Crippen LogP contribution in [-0.2, 0) is 15.9 Å². The number of hydrogen-bond acceptors (Lipinski definition) is 3. The van der Waals surface area contributed by atoms with Gasteiger partial charge < -0.3 is 0 Å². The summed E-state index contributed by atoms with van der Waals surface area (Å²) >= 11 is 0. The van der Waals surface area contributed by atoms with Crippen LogP contribution in [0, 0.1) is 5.82 Å². The minimum absolute atomic E-state index is 0.193. The van der Waals surface area contributed by atoms with Gasteiger partial charge >= 0.3 is 6.18 Å². The van der Waals surface area contributed by atoms with Gasteiger partial charge in [-0.1, -0.05) is 6.07 Å². The van der Waals surface area contributed by atoms with Gasteiger partial charge in [0.2, 0.25) is 0 Å². The molecule has 2 rings (SSSR count). The summed E-state index contributed by atoms with van der Waals surface area (Å²) in [5.41, 5.74) is -0.718. The molecule has 2 aromatic rings. The SMILES string of the molecule is CC(c1ccc(C(F)(F)F)nc1)=S(C)(=O)Nc1ccc(F)cn1. The first-order valence-corrected chi connectivity index (χ1v) is 8.32. The number of anilines is 1. The van der Waals surface area contributed by atoms with Gasteiger partial charge in [0.25, 0.3) is 0 Å². The Morgan fingerprint density at radius 2 is 1.83 bits per heavy atom. The van der Waals surface area contributed by atoms with Crippen LogP contribution in [-0.4, -0.2) is 25.3 Å². The van der Waals surface area contributed by atoms with Crippen LogP contribution in [0.1, 0.15) is 18.2 Å². The Hall–Kier alpha value is -2.16. The van der Waals surface area contributed by atoms with Crippen molar-refractivity contribution in [2.45, 2.75) is 13.1 Å². The lowest BCUT2D eigenvalue weighted by molar-refractivity contribution is -0.141. The van der Waals surface area contributed by atoms with Gasteiger partial charge in [-0.15, -0.1) is 0 Å². The summed E-state index contributed by atoms with van der Waals surface area (Å²) in [7, 11) is -2.82. The number of halogens is 4. The molecule has 4 nitrogen and oxygen atoms in total. The topological polar surface area (TPSA) is 54.9 Å². The number of hydrogen-bond donors (Lipinski definition) is 1. The predicted molar refractivity (Wildman–Crippen MR) is 80.9 cm³/mol. The Morgan fingerprint density at radius 1 is 1.13 bits per heavy atom. The fraction of sp³-hybridized carbons (Fsp3) is 0.214. The Bertz CT molecular complexity index is 807. The third kappa shape index (κ3) is 4.19. The smallest absolute Gasteiger partial charge is 0.297 e. The van der Waals surface area contributed by atoms with E-state index in [1.54, 1.807) is 0 Å². The lowest BCUT2D eigenvalue weighted by Gasteiger charge is -2.13. The standard InChI is InChI=1S/C14H13F4N3OS/c1-9(10-3-5-12(19-7-10)14(16,17)18)23(2,22)21-13-6-4-11(15)8-20-13/h3-8H,1-2H3,(H,20,21,22). The normalized spacial score (nSPS) is 14.2. The van der Waals surface area contributed by atoms with Gasteiger partial charge in [0.15, 0.2) is 0 Å². The van der Waals surface area contributed by atoms with Crippen LogP contribution in [0.3, 0.4) is 0 Å². The second-order valence-corrected chi connectivity index (χ2v) is 7.30. The van der Waals surface area contributed by atoms with E-state index >= 15 is 0 Å². The minimum Gasteiger partial charge on any atom is -0.297 e. The van der Waals surface area contributed by atoms with Gasteiger partial charge in [-0.05, 0) is 25.1 Å². The molecule has 1 atom stereocenters. The summed E-state index contributed by atoms with van der Waals surface area (Å²) in [6, 6.07) is 4.50. The molecule has 2 aromatic heterocycles. The minimum atomic E-state index is -4.53. The Labute approximate surface area is 130 Å². The Kier molecular flexibility index (Phi) is 4.60. The zero-order valence-corrected chi connectivity index (χ0v) is 13.0. The number of nitrogens with zero attached hydrogens (tertiary/aromatic N) is 2. The molecule has 0 saturated carbocycles. The van der Waals surface area contributed by atoms with Crippen molar-refractivity contribution in [2.24, 2.45) is 0 Å². The number of aromatic nitrogens is 2. The van der Waals surface area contributed by atoms with Crippen LogP contribution in [0.4, 0.5) is 23.4 Å². The highest BCUT2D eigenvalue weighted by Crippen LogP contribution is 2.27. The number of pyridine rings is 2. The fourth-order valence-electron chi connectivity index (χ4n) is 1.71. The molecule has 2 heterocycles. The van der Waals surface area contributed by atoms with Crippen LogP contribution in [0.2, 0.25) is 0 Å². The molecule has 1 unspecified atom stereocenters. The van der Waals surface area contributed by atoms with E-state index in [9.17, 15) is 21.8 Å². The summed E-state index contributed by atoms with van der Waals surface area (Å²) in [6.07, 6.45) is -1.17. The van der Waals surface area contributed by atoms with Crippen molar-refractivity contribution in [1.82, 2.24) is 9.97 Å². The van der Waals surface area contributed by atoms with E-state index < -0.39 is 27.4 Å². The molecule has 0 saturated heterocycles. The maximum Gasteiger partial charge on any atom is 0.433 e. The maximum atomic E-state index is 12.8. The van der Waals surface area contributed by atoms with E-state index in [0.717, 1.165) is 24.5 Å². The molecular formula is C14H13F4N3OS. The van der Waals surface area contributed by atoms with Gasteiger partial charge in [-0.2, -0.15) is 13.2 Å². The van der Waals surface area contributed by atoms with Crippen molar-refractivity contribution >= 4 is 20.4 Å². The van der Waals surface area contributed by atoms with Crippen molar-refractivity contribution < 1.29 is 21.8 Å². The van der Waals surface area contributed by atoms with E-state index in [2.05, 4.69) is 14.7 Å². The van der Waals surface area contributed by atoms with Crippen LogP contribution >= 0.6 is 0 Å². The zero-order chi connectivity index (χ0) is 17.3. The molecule has 0 fully saturated rings. The quantitative estimate of drug-likeness (QED) is 0.527. The van der Waals surface area contributed by atoms with Gasteiger partial charge in [0.05, 0.1) is 15.9 Å². The van der Waals surface area contributed by atoms with Crippen LogP contribution in [0.15, 0.2) is 36.7 Å². The van der Waals surface area contributed by atoms with Gasteiger partial charge in [0, 0.05) is 22.9 Å². The Balaban J connectivity index is 2.34. The Morgan fingerprint density at radius 3 is 2.30 bits per heavy atom. The molecule has 0 radical (unpaired) electrons. The largest absolute Gasteiger partial charge is 0.433 e. The van der Waals surface area contributed by atoms with E-state index in [4.69, 9.17) is 0 Å². The second kappa shape index (κ2) is 6.15. The van der Waals surface area contributed by atoms with Crippen molar-refractivity contribution in [1.29, 1.82) is 0 Å². The summed E-state index contributed by atoms with van der Waals surface area (Å²) in [6.45, 7) is 1.52. The second-order valence-electron chi connectivity index (χ2n) is 4.79. The molecule has 0 aromatic carbocycles. The average molecular weight is 347 g/mol. The number of alkyl halides is 3. The van der Waals surface area contributed by atoms with Crippen LogP contribution < -0.4 is 4.72 Å². The third-order valence-corrected chi connectivity index (χ3v) is 5.07. The molecule has 9 heteroatoms. The van der Waals surface area contributed by atoms with Crippen LogP contribution in [0.5, 0.6) is 0 Å².